The van der Waals surface area contributed by atoms with Crippen molar-refractivity contribution in [1.82, 2.24) is 9.80 Å². The van der Waals surface area contributed by atoms with E-state index in [4.69, 9.17) is 0 Å². The zero-order valence-electron chi connectivity index (χ0n) is 24.3. The van der Waals surface area contributed by atoms with Crippen LogP contribution in [0.4, 0.5) is 0 Å². The average molecular weight is 577 g/mol. The van der Waals surface area contributed by atoms with Gasteiger partial charge in [0.05, 0.1) is 19.1 Å². The van der Waals surface area contributed by atoms with Crippen LogP contribution in [-0.2, 0) is 24.2 Å². The van der Waals surface area contributed by atoms with Gasteiger partial charge >= 0.3 is 5.97 Å². The van der Waals surface area contributed by atoms with Gasteiger partial charge in [0.1, 0.15) is 0 Å². The van der Waals surface area contributed by atoms with Crippen molar-refractivity contribution < 1.29 is 24.6 Å². The number of fused-ring (bicyclic) bond motifs is 1. The van der Waals surface area contributed by atoms with Gasteiger partial charge in [-0.3, -0.25) is 14.4 Å². The molecule has 0 radical (unpaired) electrons. The number of carboxylic acid groups (broad SMARTS) is 1. The van der Waals surface area contributed by atoms with Crippen LogP contribution in [0.5, 0.6) is 0 Å². The molecule has 1 heterocycles. The summed E-state index contributed by atoms with van der Waals surface area (Å²) in [5.41, 5.74) is 6.45. The number of nitrogens with zero attached hydrogens (tertiary/aromatic N) is 2. The number of carboxylic acids is 1. The Morgan fingerprint density at radius 1 is 0.791 bits per heavy atom. The van der Waals surface area contributed by atoms with Crippen LogP contribution >= 0.6 is 0 Å². The third kappa shape index (κ3) is 6.68. The normalized spacial score (nSPS) is 14.2. The Morgan fingerprint density at radius 3 is 2.09 bits per heavy atom. The average Bonchev–Trinajstić information content (AvgIpc) is 3.04. The van der Waals surface area contributed by atoms with Crippen LogP contribution < -0.4 is 0 Å². The molecule has 0 aliphatic carbocycles. The molecule has 0 unspecified atom stereocenters. The van der Waals surface area contributed by atoms with Gasteiger partial charge in [-0.2, -0.15) is 0 Å². The lowest BCUT2D eigenvalue weighted by Gasteiger charge is -2.36. The molecule has 0 spiro atoms. The Labute approximate surface area is 252 Å². The maximum absolute atomic E-state index is 14.1. The van der Waals surface area contributed by atoms with Gasteiger partial charge in [-0.15, -0.1) is 0 Å². The van der Waals surface area contributed by atoms with Gasteiger partial charge in [-0.05, 0) is 65.3 Å². The molecule has 0 bridgehead atoms. The summed E-state index contributed by atoms with van der Waals surface area (Å²) < 4.78 is 0. The highest BCUT2D eigenvalue weighted by Crippen LogP contribution is 2.32. The van der Waals surface area contributed by atoms with Gasteiger partial charge in [-0.25, -0.2) is 0 Å². The topological polar surface area (TPSA) is 98.2 Å². The Bertz CT molecular complexity index is 1630. The predicted molar refractivity (Wildman–Crippen MR) is 166 cm³/mol. The molecular formula is C36H36N2O5. The summed E-state index contributed by atoms with van der Waals surface area (Å²) in [6.07, 6.45) is 0.985. The second-order valence-electron chi connectivity index (χ2n) is 10.9. The summed E-state index contributed by atoms with van der Waals surface area (Å²) in [7, 11) is 0. The third-order valence-electron chi connectivity index (χ3n) is 8.23. The van der Waals surface area contributed by atoms with Crippen molar-refractivity contribution >= 4 is 17.8 Å². The molecule has 43 heavy (non-hydrogen) atoms. The minimum Gasteiger partial charge on any atom is -0.481 e. The van der Waals surface area contributed by atoms with Crippen molar-refractivity contribution in [2.24, 2.45) is 0 Å². The zero-order chi connectivity index (χ0) is 30.3. The van der Waals surface area contributed by atoms with Crippen molar-refractivity contribution in [1.29, 1.82) is 0 Å². The minimum atomic E-state index is -0.973. The van der Waals surface area contributed by atoms with Gasteiger partial charge in [0.2, 0.25) is 0 Å². The Balaban J connectivity index is 1.48. The lowest BCUT2D eigenvalue weighted by Crippen LogP contribution is -2.46. The highest BCUT2D eigenvalue weighted by atomic mass is 16.4. The Hall–Kier alpha value is -4.75. The van der Waals surface area contributed by atoms with E-state index in [1.54, 1.807) is 34.1 Å². The summed E-state index contributed by atoms with van der Waals surface area (Å²) >= 11 is 0. The first-order valence-corrected chi connectivity index (χ1v) is 14.6. The van der Waals surface area contributed by atoms with Crippen LogP contribution in [0.2, 0.25) is 0 Å². The smallest absolute Gasteiger partial charge is 0.305 e. The second-order valence-corrected chi connectivity index (χ2v) is 10.9. The number of rotatable bonds is 10. The van der Waals surface area contributed by atoms with Crippen LogP contribution in [0, 0.1) is 6.92 Å². The molecule has 1 aliphatic rings. The molecule has 4 aromatic rings. The van der Waals surface area contributed by atoms with Crippen molar-refractivity contribution in [2.45, 2.75) is 38.8 Å². The van der Waals surface area contributed by atoms with E-state index in [2.05, 4.69) is 0 Å². The molecule has 4 aromatic carbocycles. The van der Waals surface area contributed by atoms with Gasteiger partial charge in [-0.1, -0.05) is 84.9 Å². The van der Waals surface area contributed by atoms with Gasteiger partial charge < -0.3 is 20.0 Å². The summed E-state index contributed by atoms with van der Waals surface area (Å²) in [5, 5.41) is 19.6. The molecule has 2 amide bonds. The number of hydrogen-bond donors (Lipinski definition) is 2. The second kappa shape index (κ2) is 13.5. The molecule has 0 saturated heterocycles. The van der Waals surface area contributed by atoms with E-state index in [0.717, 1.165) is 22.3 Å². The molecule has 5 rings (SSSR count). The van der Waals surface area contributed by atoms with Crippen molar-refractivity contribution in [2.75, 3.05) is 19.7 Å². The number of amides is 2. The van der Waals surface area contributed by atoms with E-state index in [0.29, 0.717) is 48.2 Å². The van der Waals surface area contributed by atoms with E-state index >= 15 is 0 Å². The number of carbonyl (C=O) groups excluding carboxylic acids is 2. The van der Waals surface area contributed by atoms with Crippen LogP contribution in [0.15, 0.2) is 97.1 Å². The molecule has 7 heteroatoms. The first-order valence-electron chi connectivity index (χ1n) is 14.6. The lowest BCUT2D eigenvalue weighted by atomic mass is 9.91. The summed E-state index contributed by atoms with van der Waals surface area (Å²) in [6, 6.07) is 29.9. The summed E-state index contributed by atoms with van der Waals surface area (Å²) in [5.74, 6) is -1.47. The molecule has 0 saturated carbocycles. The molecule has 0 aromatic heterocycles. The summed E-state index contributed by atoms with van der Waals surface area (Å²) in [4.78, 5) is 43.0. The van der Waals surface area contributed by atoms with E-state index in [1.165, 1.54) is 0 Å². The first kappa shape index (κ1) is 29.7. The molecule has 220 valence electrons. The van der Waals surface area contributed by atoms with Gasteiger partial charge in [0.15, 0.2) is 0 Å². The maximum Gasteiger partial charge on any atom is 0.305 e. The zero-order valence-corrected chi connectivity index (χ0v) is 24.3. The molecule has 1 aliphatic heterocycles. The number of aryl methyl sites for hydroxylation is 1. The quantitative estimate of drug-likeness (QED) is 0.264. The third-order valence-corrected chi connectivity index (χ3v) is 8.23. The van der Waals surface area contributed by atoms with Crippen LogP contribution in [0.25, 0.3) is 11.1 Å². The standard InChI is InChI=1S/C36H36N2O5/c1-25-10-2-3-11-26(25)18-20-37(21-19-34(40)41)35(42)32-16-8-6-14-30(32)31-15-7-9-17-33(31)36(43)38-23-28-13-5-4-12-27(28)22-29(38)24-39/h2-17,29,39H,18-24H2,1H3,(H,40,41)/t29-/m0/s1. The summed E-state index contributed by atoms with van der Waals surface area (Å²) in [6.45, 7) is 2.68. The van der Waals surface area contributed by atoms with Gasteiger partial charge in [0.25, 0.3) is 11.8 Å². The highest BCUT2D eigenvalue weighted by molar-refractivity contribution is 6.06. The number of hydrogen-bond acceptors (Lipinski definition) is 4. The van der Waals surface area contributed by atoms with Crippen LogP contribution in [-0.4, -0.2) is 63.5 Å². The predicted octanol–water partition coefficient (Wildman–Crippen LogP) is 5.38. The van der Waals surface area contributed by atoms with Crippen LogP contribution in [0.1, 0.15) is 49.4 Å². The first-order chi connectivity index (χ1) is 20.9. The lowest BCUT2D eigenvalue weighted by molar-refractivity contribution is -0.137. The van der Waals surface area contributed by atoms with E-state index in [1.807, 2.05) is 79.7 Å². The van der Waals surface area contributed by atoms with Gasteiger partial charge in [0, 0.05) is 30.8 Å². The van der Waals surface area contributed by atoms with E-state index < -0.39 is 5.97 Å². The molecule has 2 N–H and O–H groups in total. The minimum absolute atomic E-state index is 0.0698. The SMILES string of the molecule is Cc1ccccc1CCN(CCC(=O)O)C(=O)c1ccccc1-c1ccccc1C(=O)N1Cc2ccccc2C[C@H]1CO. The maximum atomic E-state index is 14.1. The van der Waals surface area contributed by atoms with Crippen molar-refractivity contribution in [3.63, 3.8) is 0 Å². The Kier molecular flexibility index (Phi) is 9.32. The van der Waals surface area contributed by atoms with E-state index in [9.17, 15) is 24.6 Å². The number of aliphatic hydroxyl groups is 1. The fraction of sp³-hybridized carbons (Fsp3) is 0.250. The van der Waals surface area contributed by atoms with Crippen LogP contribution in [0.3, 0.4) is 0 Å². The molecule has 7 nitrogen and oxygen atoms in total. The number of aliphatic carboxylic acids is 1. The highest BCUT2D eigenvalue weighted by Gasteiger charge is 2.31. The largest absolute Gasteiger partial charge is 0.481 e. The number of benzene rings is 4. The number of aliphatic hydroxyl groups excluding tert-OH is 1. The van der Waals surface area contributed by atoms with Crippen molar-refractivity contribution in [3.8, 4) is 11.1 Å². The fourth-order valence-electron chi connectivity index (χ4n) is 5.81. The molecule has 1 atom stereocenters. The number of carbonyl (C=O) groups is 3. The molecule has 0 fully saturated rings. The molecular weight excluding hydrogens is 540 g/mol. The van der Waals surface area contributed by atoms with Crippen molar-refractivity contribution in [3.05, 3.63) is 130 Å². The van der Waals surface area contributed by atoms with E-state index in [-0.39, 0.29) is 37.4 Å². The fourth-order valence-corrected chi connectivity index (χ4v) is 5.81. The monoisotopic (exact) mass is 576 g/mol. The Morgan fingerprint density at radius 2 is 1.40 bits per heavy atom.